The van der Waals surface area contributed by atoms with Gasteiger partial charge in [0.15, 0.2) is 0 Å². The minimum absolute atomic E-state index is 0.982. The van der Waals surface area contributed by atoms with Crippen molar-refractivity contribution >= 4 is 10.9 Å². The van der Waals surface area contributed by atoms with E-state index in [1.165, 1.54) is 16.5 Å². The second-order valence-corrected chi connectivity index (χ2v) is 5.59. The second-order valence-electron chi connectivity index (χ2n) is 5.59. The van der Waals surface area contributed by atoms with Crippen LogP contribution in [0.25, 0.3) is 10.9 Å². The molecule has 2 aromatic carbocycles. The SMILES string of the molecule is C=CCCc1ccccc1CCc1ccc2ccccc2n1. The molecule has 22 heavy (non-hydrogen) atoms. The van der Waals surface area contributed by atoms with Crippen molar-refractivity contribution in [1.29, 1.82) is 0 Å². The fraction of sp³-hybridized carbons (Fsp3) is 0.190. The van der Waals surface area contributed by atoms with Crippen LogP contribution < -0.4 is 0 Å². The fourth-order valence-electron chi connectivity index (χ4n) is 2.81. The third-order valence-corrected chi connectivity index (χ3v) is 4.04. The highest BCUT2D eigenvalue weighted by Crippen LogP contribution is 2.16. The van der Waals surface area contributed by atoms with Gasteiger partial charge in [0.2, 0.25) is 0 Å². The molecule has 0 amide bonds. The number of pyridine rings is 1. The van der Waals surface area contributed by atoms with Crippen LogP contribution in [0.1, 0.15) is 23.2 Å². The monoisotopic (exact) mass is 287 g/mol. The normalized spacial score (nSPS) is 10.7. The third-order valence-electron chi connectivity index (χ3n) is 4.04. The summed E-state index contributed by atoms with van der Waals surface area (Å²) in [6.45, 7) is 3.82. The van der Waals surface area contributed by atoms with E-state index in [0.717, 1.165) is 36.9 Å². The van der Waals surface area contributed by atoms with E-state index in [2.05, 4.69) is 61.2 Å². The van der Waals surface area contributed by atoms with Crippen molar-refractivity contribution < 1.29 is 0 Å². The highest BCUT2D eigenvalue weighted by molar-refractivity contribution is 5.78. The molecule has 0 spiro atoms. The maximum Gasteiger partial charge on any atom is 0.0705 e. The molecular weight excluding hydrogens is 266 g/mol. The van der Waals surface area contributed by atoms with E-state index in [-0.39, 0.29) is 0 Å². The van der Waals surface area contributed by atoms with E-state index in [0.29, 0.717) is 0 Å². The van der Waals surface area contributed by atoms with Gasteiger partial charge in [0.1, 0.15) is 0 Å². The zero-order chi connectivity index (χ0) is 15.2. The lowest BCUT2D eigenvalue weighted by Gasteiger charge is -2.09. The van der Waals surface area contributed by atoms with Gasteiger partial charge in [0.25, 0.3) is 0 Å². The van der Waals surface area contributed by atoms with Crippen LogP contribution in [-0.2, 0) is 19.3 Å². The minimum Gasteiger partial charge on any atom is -0.253 e. The van der Waals surface area contributed by atoms with Crippen LogP contribution in [0.15, 0.2) is 73.3 Å². The first-order valence-corrected chi connectivity index (χ1v) is 7.89. The van der Waals surface area contributed by atoms with Crippen molar-refractivity contribution in [3.05, 3.63) is 90.1 Å². The van der Waals surface area contributed by atoms with Crippen LogP contribution in [0.3, 0.4) is 0 Å². The van der Waals surface area contributed by atoms with Crippen LogP contribution in [0.5, 0.6) is 0 Å². The van der Waals surface area contributed by atoms with Gasteiger partial charge in [0.05, 0.1) is 5.52 Å². The number of aromatic nitrogens is 1. The molecule has 110 valence electrons. The molecule has 0 unspecified atom stereocenters. The summed E-state index contributed by atoms with van der Waals surface area (Å²) in [4.78, 5) is 4.77. The van der Waals surface area contributed by atoms with Gasteiger partial charge in [0, 0.05) is 11.1 Å². The van der Waals surface area contributed by atoms with Gasteiger partial charge in [-0.25, -0.2) is 0 Å². The molecule has 0 bridgehead atoms. The van der Waals surface area contributed by atoms with Gasteiger partial charge < -0.3 is 0 Å². The Balaban J connectivity index is 1.74. The largest absolute Gasteiger partial charge is 0.253 e. The van der Waals surface area contributed by atoms with E-state index >= 15 is 0 Å². The Morgan fingerprint density at radius 2 is 1.50 bits per heavy atom. The lowest BCUT2D eigenvalue weighted by Crippen LogP contribution is -1.99. The summed E-state index contributed by atoms with van der Waals surface area (Å²) in [6.07, 6.45) is 6.12. The third kappa shape index (κ3) is 3.43. The summed E-state index contributed by atoms with van der Waals surface area (Å²) in [5.41, 5.74) is 5.11. The number of para-hydroxylation sites is 1. The molecule has 0 atom stereocenters. The average molecular weight is 287 g/mol. The van der Waals surface area contributed by atoms with Crippen molar-refractivity contribution in [2.24, 2.45) is 0 Å². The molecule has 0 fully saturated rings. The number of rotatable bonds is 6. The Hall–Kier alpha value is -2.41. The molecule has 0 aliphatic rings. The standard InChI is InChI=1S/C21H21N/c1-2-3-8-17-9-4-5-10-18(17)13-15-20-16-14-19-11-6-7-12-21(19)22-20/h2,4-7,9-12,14,16H,1,3,8,13,15H2. The van der Waals surface area contributed by atoms with Crippen LogP contribution >= 0.6 is 0 Å². The van der Waals surface area contributed by atoms with Gasteiger partial charge in [-0.05, 0) is 48.9 Å². The molecule has 1 aromatic heterocycles. The number of benzene rings is 2. The molecule has 0 aliphatic carbocycles. The van der Waals surface area contributed by atoms with Gasteiger partial charge in [-0.1, -0.05) is 54.6 Å². The predicted octanol–water partition coefficient (Wildman–Crippen LogP) is 5.14. The fourth-order valence-corrected chi connectivity index (χ4v) is 2.81. The second kappa shape index (κ2) is 7.04. The summed E-state index contributed by atoms with van der Waals surface area (Å²) < 4.78 is 0. The van der Waals surface area contributed by atoms with Crippen molar-refractivity contribution in [3.63, 3.8) is 0 Å². The molecule has 0 aliphatic heterocycles. The summed E-state index contributed by atoms with van der Waals surface area (Å²) in [6, 6.07) is 21.3. The van der Waals surface area contributed by atoms with Crippen molar-refractivity contribution in [2.75, 3.05) is 0 Å². The molecule has 0 saturated heterocycles. The number of hydrogen-bond acceptors (Lipinski definition) is 1. The van der Waals surface area contributed by atoms with E-state index in [1.807, 2.05) is 12.1 Å². The summed E-state index contributed by atoms with van der Waals surface area (Å²) in [7, 11) is 0. The minimum atomic E-state index is 0.982. The Bertz CT molecular complexity index is 773. The number of fused-ring (bicyclic) bond motifs is 1. The highest BCUT2D eigenvalue weighted by Gasteiger charge is 2.03. The molecule has 1 heterocycles. The average Bonchev–Trinajstić information content (AvgIpc) is 2.58. The summed E-state index contributed by atoms with van der Waals surface area (Å²) >= 11 is 0. The predicted molar refractivity (Wildman–Crippen MR) is 94.1 cm³/mol. The lowest BCUT2D eigenvalue weighted by atomic mass is 9.98. The number of hydrogen-bond donors (Lipinski definition) is 0. The highest BCUT2D eigenvalue weighted by atomic mass is 14.7. The van der Waals surface area contributed by atoms with E-state index in [9.17, 15) is 0 Å². The Morgan fingerprint density at radius 1 is 0.773 bits per heavy atom. The maximum absolute atomic E-state index is 4.77. The Labute approximate surface area is 132 Å². The Morgan fingerprint density at radius 3 is 2.32 bits per heavy atom. The zero-order valence-electron chi connectivity index (χ0n) is 12.8. The first kappa shape index (κ1) is 14.5. The first-order valence-electron chi connectivity index (χ1n) is 7.89. The van der Waals surface area contributed by atoms with Crippen molar-refractivity contribution in [2.45, 2.75) is 25.7 Å². The van der Waals surface area contributed by atoms with Gasteiger partial charge in [-0.3, -0.25) is 4.98 Å². The van der Waals surface area contributed by atoms with E-state index < -0.39 is 0 Å². The van der Waals surface area contributed by atoms with Gasteiger partial charge in [-0.15, -0.1) is 6.58 Å². The van der Waals surface area contributed by atoms with Crippen LogP contribution in [0.2, 0.25) is 0 Å². The molecule has 1 nitrogen and oxygen atoms in total. The number of aryl methyl sites for hydroxylation is 3. The Kier molecular flexibility index (Phi) is 4.65. The quantitative estimate of drug-likeness (QED) is 0.572. The van der Waals surface area contributed by atoms with Crippen LogP contribution in [0, 0.1) is 0 Å². The van der Waals surface area contributed by atoms with E-state index in [4.69, 9.17) is 4.98 Å². The van der Waals surface area contributed by atoms with Gasteiger partial charge in [-0.2, -0.15) is 0 Å². The molecular formula is C21H21N. The topological polar surface area (TPSA) is 12.9 Å². The first-order chi connectivity index (χ1) is 10.9. The summed E-state index contributed by atoms with van der Waals surface area (Å²) in [5, 5.41) is 1.21. The summed E-state index contributed by atoms with van der Waals surface area (Å²) in [5.74, 6) is 0. The number of nitrogens with zero attached hydrogens (tertiary/aromatic N) is 1. The molecule has 3 rings (SSSR count). The number of allylic oxidation sites excluding steroid dienone is 1. The molecule has 3 aromatic rings. The van der Waals surface area contributed by atoms with Crippen molar-refractivity contribution in [3.8, 4) is 0 Å². The van der Waals surface area contributed by atoms with Crippen LogP contribution in [0.4, 0.5) is 0 Å². The lowest BCUT2D eigenvalue weighted by molar-refractivity contribution is 0.887. The van der Waals surface area contributed by atoms with Crippen LogP contribution in [-0.4, -0.2) is 4.98 Å². The van der Waals surface area contributed by atoms with Gasteiger partial charge >= 0.3 is 0 Å². The molecule has 0 N–H and O–H groups in total. The van der Waals surface area contributed by atoms with E-state index in [1.54, 1.807) is 0 Å². The maximum atomic E-state index is 4.77. The smallest absolute Gasteiger partial charge is 0.0705 e. The van der Waals surface area contributed by atoms with Crippen molar-refractivity contribution in [1.82, 2.24) is 4.98 Å². The molecule has 0 radical (unpaired) electrons. The molecule has 0 saturated carbocycles. The molecule has 1 heteroatoms. The zero-order valence-corrected chi connectivity index (χ0v) is 12.8.